The summed E-state index contributed by atoms with van der Waals surface area (Å²) < 4.78 is 12.3. The summed E-state index contributed by atoms with van der Waals surface area (Å²) in [6.07, 6.45) is 1.90. The lowest BCUT2D eigenvalue weighted by molar-refractivity contribution is -0.129. The second-order valence-electron chi connectivity index (χ2n) is 7.41. The Kier molecular flexibility index (Phi) is 5.76. The molecule has 1 saturated heterocycles. The minimum absolute atomic E-state index is 0.185. The van der Waals surface area contributed by atoms with Crippen molar-refractivity contribution in [3.8, 4) is 11.5 Å². The fourth-order valence-corrected chi connectivity index (χ4v) is 5.93. The first kappa shape index (κ1) is 20.0. The van der Waals surface area contributed by atoms with Gasteiger partial charge in [0.25, 0.3) is 0 Å². The summed E-state index contributed by atoms with van der Waals surface area (Å²) >= 11 is 9.37. The van der Waals surface area contributed by atoms with E-state index in [1.807, 2.05) is 41.3 Å². The summed E-state index contributed by atoms with van der Waals surface area (Å²) in [4.78, 5) is 20.5. The van der Waals surface area contributed by atoms with Crippen LogP contribution in [-0.2, 0) is 4.79 Å². The lowest BCUT2D eigenvalue weighted by Gasteiger charge is -2.31. The van der Waals surface area contributed by atoms with Gasteiger partial charge in [0.15, 0.2) is 11.5 Å². The standard InChI is InChI=1S/C22H21ClN2O3S2/c23-15-1-4-20-17(11-15)24-22(30-20)14-5-7-25(8-6-14)21(26)13-29-16-2-3-18-19(12-16)28-10-9-27-18/h1-4,11-12,14H,5-10,13H2. The molecule has 30 heavy (non-hydrogen) atoms. The van der Waals surface area contributed by atoms with Crippen molar-refractivity contribution >= 4 is 50.8 Å². The van der Waals surface area contributed by atoms with Crippen molar-refractivity contribution in [3.05, 3.63) is 46.4 Å². The van der Waals surface area contributed by atoms with E-state index in [1.54, 1.807) is 23.1 Å². The zero-order valence-electron chi connectivity index (χ0n) is 16.3. The lowest BCUT2D eigenvalue weighted by Crippen LogP contribution is -2.38. The Morgan fingerprint density at radius 2 is 1.93 bits per heavy atom. The molecule has 0 atom stereocenters. The summed E-state index contributed by atoms with van der Waals surface area (Å²) in [5.74, 6) is 2.57. The number of aromatic nitrogens is 1. The fraction of sp³-hybridized carbons (Fsp3) is 0.364. The summed E-state index contributed by atoms with van der Waals surface area (Å²) in [6, 6.07) is 11.7. The Morgan fingerprint density at radius 3 is 2.77 bits per heavy atom. The monoisotopic (exact) mass is 460 g/mol. The van der Waals surface area contributed by atoms with Crippen LogP contribution in [0.2, 0.25) is 5.02 Å². The number of ether oxygens (including phenoxy) is 2. The van der Waals surface area contributed by atoms with Crippen LogP contribution in [0.3, 0.4) is 0 Å². The number of amides is 1. The molecule has 0 bridgehead atoms. The van der Waals surface area contributed by atoms with Crippen molar-refractivity contribution < 1.29 is 14.3 Å². The molecule has 5 nitrogen and oxygen atoms in total. The number of halogens is 1. The number of thioether (sulfide) groups is 1. The zero-order chi connectivity index (χ0) is 20.5. The van der Waals surface area contributed by atoms with Gasteiger partial charge in [-0.1, -0.05) is 11.6 Å². The molecule has 8 heteroatoms. The van der Waals surface area contributed by atoms with Gasteiger partial charge >= 0.3 is 0 Å². The number of fused-ring (bicyclic) bond motifs is 2. The van der Waals surface area contributed by atoms with Gasteiger partial charge in [-0.3, -0.25) is 4.79 Å². The molecule has 1 fully saturated rings. The third kappa shape index (κ3) is 4.24. The number of carbonyl (C=O) groups excluding carboxylic acids is 1. The number of carbonyl (C=O) groups is 1. The molecule has 1 amide bonds. The van der Waals surface area contributed by atoms with E-state index in [0.717, 1.165) is 57.9 Å². The Bertz CT molecular complexity index is 1080. The molecule has 0 saturated carbocycles. The molecule has 1 aromatic heterocycles. The third-order valence-electron chi connectivity index (χ3n) is 5.44. The van der Waals surface area contributed by atoms with Gasteiger partial charge < -0.3 is 14.4 Å². The molecule has 0 spiro atoms. The van der Waals surface area contributed by atoms with Gasteiger partial charge in [0, 0.05) is 28.9 Å². The van der Waals surface area contributed by atoms with E-state index in [-0.39, 0.29) is 5.91 Å². The number of likely N-dealkylation sites (tertiary alicyclic amines) is 1. The Morgan fingerprint density at radius 1 is 1.13 bits per heavy atom. The summed E-state index contributed by atoms with van der Waals surface area (Å²) in [5, 5.41) is 1.88. The number of thiazole rings is 1. The summed E-state index contributed by atoms with van der Waals surface area (Å²) in [6.45, 7) is 2.71. The van der Waals surface area contributed by atoms with Crippen molar-refractivity contribution in [2.24, 2.45) is 0 Å². The van der Waals surface area contributed by atoms with Gasteiger partial charge in [0.1, 0.15) is 13.2 Å². The van der Waals surface area contributed by atoms with Gasteiger partial charge in [-0.15, -0.1) is 23.1 Å². The van der Waals surface area contributed by atoms with Gasteiger partial charge in [-0.2, -0.15) is 0 Å². The van der Waals surface area contributed by atoms with Gasteiger partial charge in [0.05, 0.1) is 21.0 Å². The number of benzene rings is 2. The number of rotatable bonds is 4. The van der Waals surface area contributed by atoms with Gasteiger partial charge in [-0.25, -0.2) is 4.98 Å². The van der Waals surface area contributed by atoms with Crippen LogP contribution in [0.15, 0.2) is 41.3 Å². The molecular weight excluding hydrogens is 440 g/mol. The average molecular weight is 461 g/mol. The van der Waals surface area contributed by atoms with E-state index in [0.29, 0.717) is 24.9 Å². The smallest absolute Gasteiger partial charge is 0.232 e. The van der Waals surface area contributed by atoms with Crippen LogP contribution in [0.5, 0.6) is 11.5 Å². The number of piperidine rings is 1. The lowest BCUT2D eigenvalue weighted by atomic mass is 9.97. The van der Waals surface area contributed by atoms with Crippen LogP contribution in [-0.4, -0.2) is 47.8 Å². The molecule has 5 rings (SSSR count). The van der Waals surface area contributed by atoms with Crippen LogP contribution in [0.1, 0.15) is 23.8 Å². The Labute approximate surface area is 188 Å². The molecule has 3 heterocycles. The fourth-order valence-electron chi connectivity index (χ4n) is 3.82. The molecule has 2 aliphatic rings. The summed E-state index contributed by atoms with van der Waals surface area (Å²) in [7, 11) is 0. The second kappa shape index (κ2) is 8.65. The van der Waals surface area contributed by atoms with Crippen molar-refractivity contribution in [1.82, 2.24) is 9.88 Å². The van der Waals surface area contributed by atoms with Gasteiger partial charge in [0.2, 0.25) is 5.91 Å². The molecular formula is C22H21ClN2O3S2. The van der Waals surface area contributed by atoms with Crippen molar-refractivity contribution in [2.45, 2.75) is 23.7 Å². The first-order valence-corrected chi connectivity index (χ1v) is 12.2. The average Bonchev–Trinajstić information content (AvgIpc) is 3.20. The predicted molar refractivity (Wildman–Crippen MR) is 121 cm³/mol. The number of nitrogens with zero attached hydrogens (tertiary/aromatic N) is 2. The van der Waals surface area contributed by atoms with Crippen LogP contribution >= 0.6 is 34.7 Å². The molecule has 0 N–H and O–H groups in total. The molecule has 3 aromatic rings. The van der Waals surface area contributed by atoms with Crippen LogP contribution in [0.25, 0.3) is 10.2 Å². The molecule has 156 valence electrons. The molecule has 0 aliphatic carbocycles. The van der Waals surface area contributed by atoms with E-state index in [4.69, 9.17) is 26.1 Å². The largest absolute Gasteiger partial charge is 0.486 e. The van der Waals surface area contributed by atoms with E-state index in [1.165, 1.54) is 4.70 Å². The normalized spacial score (nSPS) is 16.8. The number of hydrogen-bond donors (Lipinski definition) is 0. The second-order valence-corrected chi connectivity index (χ2v) is 9.96. The highest BCUT2D eigenvalue weighted by Gasteiger charge is 2.26. The van der Waals surface area contributed by atoms with E-state index < -0.39 is 0 Å². The minimum Gasteiger partial charge on any atom is -0.486 e. The minimum atomic E-state index is 0.185. The zero-order valence-corrected chi connectivity index (χ0v) is 18.7. The van der Waals surface area contributed by atoms with Crippen molar-refractivity contribution in [3.63, 3.8) is 0 Å². The highest BCUT2D eigenvalue weighted by molar-refractivity contribution is 8.00. The highest BCUT2D eigenvalue weighted by Crippen LogP contribution is 2.36. The molecule has 0 radical (unpaired) electrons. The van der Waals surface area contributed by atoms with Crippen molar-refractivity contribution in [1.29, 1.82) is 0 Å². The maximum atomic E-state index is 12.7. The molecule has 2 aromatic carbocycles. The topological polar surface area (TPSA) is 51.7 Å². The van der Waals surface area contributed by atoms with Crippen LogP contribution < -0.4 is 9.47 Å². The van der Waals surface area contributed by atoms with Gasteiger partial charge in [-0.05, 0) is 49.2 Å². The number of hydrogen-bond acceptors (Lipinski definition) is 6. The molecule has 2 aliphatic heterocycles. The third-order valence-corrected chi connectivity index (χ3v) is 7.85. The van der Waals surface area contributed by atoms with Crippen LogP contribution in [0, 0.1) is 0 Å². The highest BCUT2D eigenvalue weighted by atomic mass is 35.5. The summed E-state index contributed by atoms with van der Waals surface area (Å²) in [5.41, 5.74) is 0.969. The Balaban J connectivity index is 1.15. The predicted octanol–water partition coefficient (Wildman–Crippen LogP) is 5.22. The van der Waals surface area contributed by atoms with Crippen molar-refractivity contribution in [2.75, 3.05) is 32.1 Å². The van der Waals surface area contributed by atoms with E-state index in [9.17, 15) is 4.79 Å². The van der Waals surface area contributed by atoms with E-state index in [2.05, 4.69) is 0 Å². The van der Waals surface area contributed by atoms with Crippen LogP contribution in [0.4, 0.5) is 0 Å². The molecule has 0 unspecified atom stereocenters. The SMILES string of the molecule is O=C(CSc1ccc2c(c1)OCCO2)N1CCC(c2nc3cc(Cl)ccc3s2)CC1. The Hall–Kier alpha value is -1.96. The first-order valence-electron chi connectivity index (χ1n) is 10.0. The van der Waals surface area contributed by atoms with E-state index >= 15 is 0 Å². The first-order chi connectivity index (χ1) is 14.7. The quantitative estimate of drug-likeness (QED) is 0.499. The maximum Gasteiger partial charge on any atom is 0.232 e. The maximum absolute atomic E-state index is 12.7.